The van der Waals surface area contributed by atoms with E-state index in [-0.39, 0.29) is 6.61 Å². The number of hydrogen-bond acceptors (Lipinski definition) is 4. The average molecular weight is 232 g/mol. The van der Waals surface area contributed by atoms with Gasteiger partial charge in [0, 0.05) is 6.42 Å². The molecule has 0 amide bonds. The normalized spacial score (nSPS) is 23.7. The summed E-state index contributed by atoms with van der Waals surface area (Å²) < 4.78 is 44.1. The van der Waals surface area contributed by atoms with E-state index in [2.05, 4.69) is 9.47 Å². The lowest BCUT2D eigenvalue weighted by Crippen LogP contribution is -2.32. The standard InChI is InChI=1S/C5H5F3O3.CH2O3/c6-3-1-2-10-4(9)11-5(3,7)8;2-1(3)4/h3H,1-2H2;(H2,2,3,4). The van der Waals surface area contributed by atoms with E-state index >= 15 is 0 Å². The molecular formula is C6H7F3O6. The Morgan fingerprint density at radius 2 is 1.93 bits per heavy atom. The van der Waals surface area contributed by atoms with Gasteiger partial charge in [-0.15, -0.1) is 0 Å². The summed E-state index contributed by atoms with van der Waals surface area (Å²) in [5, 5.41) is 13.9. The third kappa shape index (κ3) is 5.60. The predicted molar refractivity (Wildman–Crippen MR) is 37.5 cm³/mol. The number of rotatable bonds is 0. The summed E-state index contributed by atoms with van der Waals surface area (Å²) in [5.41, 5.74) is 0. The maximum absolute atomic E-state index is 12.3. The lowest BCUT2D eigenvalue weighted by molar-refractivity contribution is -0.238. The van der Waals surface area contributed by atoms with E-state index in [1.807, 2.05) is 0 Å². The van der Waals surface area contributed by atoms with E-state index in [1.54, 1.807) is 0 Å². The molecule has 1 atom stereocenters. The Bertz CT molecular complexity index is 239. The first-order valence-corrected chi connectivity index (χ1v) is 3.55. The molecule has 0 aliphatic carbocycles. The molecule has 1 rings (SSSR count). The minimum atomic E-state index is -4.05. The number of carboxylic acid groups (broad SMARTS) is 2. The van der Waals surface area contributed by atoms with Crippen molar-refractivity contribution in [1.82, 2.24) is 0 Å². The fraction of sp³-hybridized carbons (Fsp3) is 0.667. The first-order valence-electron chi connectivity index (χ1n) is 3.55. The molecule has 1 fully saturated rings. The van der Waals surface area contributed by atoms with Gasteiger partial charge in [-0.05, 0) is 0 Å². The van der Waals surface area contributed by atoms with Gasteiger partial charge >= 0.3 is 18.4 Å². The van der Waals surface area contributed by atoms with Gasteiger partial charge in [-0.25, -0.2) is 14.0 Å². The van der Waals surface area contributed by atoms with Crippen molar-refractivity contribution in [3.8, 4) is 0 Å². The summed E-state index contributed by atoms with van der Waals surface area (Å²) in [6, 6.07) is 0. The minimum Gasteiger partial charge on any atom is -0.450 e. The van der Waals surface area contributed by atoms with E-state index < -0.39 is 31.0 Å². The summed E-state index contributed by atoms with van der Waals surface area (Å²) in [6.07, 6.45) is -10.4. The SMILES string of the molecule is O=C(O)O.O=C1OCCC(F)C(F)(F)O1. The molecular weight excluding hydrogens is 225 g/mol. The summed E-state index contributed by atoms with van der Waals surface area (Å²) in [4.78, 5) is 18.7. The quantitative estimate of drug-likeness (QED) is 0.617. The van der Waals surface area contributed by atoms with Crippen LogP contribution in [0.3, 0.4) is 0 Å². The summed E-state index contributed by atoms with van der Waals surface area (Å²) >= 11 is 0. The molecule has 0 radical (unpaired) electrons. The molecule has 0 aromatic heterocycles. The van der Waals surface area contributed by atoms with Crippen molar-refractivity contribution in [2.45, 2.75) is 18.7 Å². The van der Waals surface area contributed by atoms with Crippen LogP contribution in [0.2, 0.25) is 0 Å². The number of halogens is 3. The van der Waals surface area contributed by atoms with Gasteiger partial charge in [0.1, 0.15) is 0 Å². The summed E-state index contributed by atoms with van der Waals surface area (Å²) in [7, 11) is 0. The van der Waals surface area contributed by atoms with Crippen molar-refractivity contribution in [2.24, 2.45) is 0 Å². The predicted octanol–water partition coefficient (Wildman–Crippen LogP) is 1.70. The number of hydrogen-bond donors (Lipinski definition) is 2. The van der Waals surface area contributed by atoms with Crippen molar-refractivity contribution in [1.29, 1.82) is 0 Å². The van der Waals surface area contributed by atoms with E-state index in [4.69, 9.17) is 15.0 Å². The minimum absolute atomic E-state index is 0.379. The first kappa shape index (κ1) is 13.3. The third-order valence-electron chi connectivity index (χ3n) is 1.18. The van der Waals surface area contributed by atoms with Crippen molar-refractivity contribution in [3.63, 3.8) is 0 Å². The topological polar surface area (TPSA) is 93.1 Å². The first-order chi connectivity index (χ1) is 6.75. The molecule has 6 nitrogen and oxygen atoms in total. The van der Waals surface area contributed by atoms with E-state index in [1.165, 1.54) is 0 Å². The Morgan fingerprint density at radius 3 is 2.40 bits per heavy atom. The second kappa shape index (κ2) is 5.27. The number of alkyl halides is 3. The highest BCUT2D eigenvalue weighted by Crippen LogP contribution is 2.28. The fourth-order valence-corrected chi connectivity index (χ4v) is 0.618. The van der Waals surface area contributed by atoms with E-state index in [0.29, 0.717) is 0 Å². The molecule has 0 aromatic rings. The zero-order chi connectivity index (χ0) is 12.1. The van der Waals surface area contributed by atoms with Gasteiger partial charge in [0.2, 0.25) is 6.17 Å². The fourth-order valence-electron chi connectivity index (χ4n) is 0.618. The molecule has 1 unspecified atom stereocenters. The highest BCUT2D eigenvalue weighted by Gasteiger charge is 2.47. The van der Waals surface area contributed by atoms with Crippen molar-refractivity contribution in [3.05, 3.63) is 0 Å². The molecule has 1 saturated heterocycles. The highest BCUT2D eigenvalue weighted by molar-refractivity contribution is 5.60. The molecule has 15 heavy (non-hydrogen) atoms. The Balaban J connectivity index is 0.000000423. The molecule has 1 heterocycles. The molecule has 2 N–H and O–H groups in total. The molecule has 1 aliphatic heterocycles. The Morgan fingerprint density at radius 1 is 1.47 bits per heavy atom. The largest absolute Gasteiger partial charge is 0.513 e. The number of cyclic esters (lactones) is 2. The molecule has 0 spiro atoms. The zero-order valence-electron chi connectivity index (χ0n) is 7.15. The van der Waals surface area contributed by atoms with E-state index in [0.717, 1.165) is 0 Å². The average Bonchev–Trinajstić information content (AvgIpc) is 2.10. The Kier molecular flexibility index (Phi) is 4.68. The van der Waals surface area contributed by atoms with Gasteiger partial charge in [-0.2, -0.15) is 8.78 Å². The molecule has 88 valence electrons. The van der Waals surface area contributed by atoms with Crippen LogP contribution in [0.1, 0.15) is 6.42 Å². The Labute approximate surface area is 81.2 Å². The van der Waals surface area contributed by atoms with Gasteiger partial charge in [-0.3, -0.25) is 0 Å². The van der Waals surface area contributed by atoms with Crippen molar-refractivity contribution < 1.29 is 42.4 Å². The van der Waals surface area contributed by atoms with Gasteiger partial charge < -0.3 is 19.7 Å². The van der Waals surface area contributed by atoms with Gasteiger partial charge in [0.15, 0.2) is 0 Å². The van der Waals surface area contributed by atoms with Crippen LogP contribution in [0.15, 0.2) is 0 Å². The van der Waals surface area contributed by atoms with Crippen LogP contribution in [0.5, 0.6) is 0 Å². The lowest BCUT2D eigenvalue weighted by Gasteiger charge is -2.14. The smallest absolute Gasteiger partial charge is 0.450 e. The van der Waals surface area contributed by atoms with Gasteiger partial charge in [0.25, 0.3) is 0 Å². The van der Waals surface area contributed by atoms with Crippen molar-refractivity contribution >= 4 is 12.3 Å². The molecule has 0 saturated carbocycles. The van der Waals surface area contributed by atoms with Crippen LogP contribution >= 0.6 is 0 Å². The van der Waals surface area contributed by atoms with Crippen LogP contribution in [-0.4, -0.2) is 41.4 Å². The van der Waals surface area contributed by atoms with Gasteiger partial charge in [-0.1, -0.05) is 0 Å². The number of carbonyl (C=O) groups is 2. The number of ether oxygens (including phenoxy) is 2. The van der Waals surface area contributed by atoms with Crippen LogP contribution in [-0.2, 0) is 9.47 Å². The zero-order valence-corrected chi connectivity index (χ0v) is 7.15. The monoisotopic (exact) mass is 232 g/mol. The second-order valence-corrected chi connectivity index (χ2v) is 2.30. The number of carbonyl (C=O) groups excluding carboxylic acids is 1. The van der Waals surface area contributed by atoms with Crippen LogP contribution < -0.4 is 0 Å². The van der Waals surface area contributed by atoms with Gasteiger partial charge in [0.05, 0.1) is 6.61 Å². The van der Waals surface area contributed by atoms with Crippen molar-refractivity contribution in [2.75, 3.05) is 6.61 Å². The van der Waals surface area contributed by atoms with E-state index in [9.17, 15) is 18.0 Å². The summed E-state index contributed by atoms with van der Waals surface area (Å²) in [5.74, 6) is 0. The molecule has 0 bridgehead atoms. The molecule has 1 aliphatic rings. The lowest BCUT2D eigenvalue weighted by atomic mass is 10.3. The molecule has 0 aromatic carbocycles. The Hall–Kier alpha value is -1.67. The van der Waals surface area contributed by atoms with Crippen LogP contribution in [0, 0.1) is 0 Å². The second-order valence-electron chi connectivity index (χ2n) is 2.30. The third-order valence-corrected chi connectivity index (χ3v) is 1.18. The van der Waals surface area contributed by atoms with Crippen LogP contribution in [0.25, 0.3) is 0 Å². The highest BCUT2D eigenvalue weighted by atomic mass is 19.3. The van der Waals surface area contributed by atoms with Crippen LogP contribution in [0.4, 0.5) is 22.8 Å². The maximum Gasteiger partial charge on any atom is 0.513 e. The summed E-state index contributed by atoms with van der Waals surface area (Å²) in [6.45, 7) is -0.379. The molecule has 9 heteroatoms. The maximum atomic E-state index is 12.3.